The Labute approximate surface area is 90.2 Å². The maximum atomic E-state index is 2.47. The van der Waals surface area contributed by atoms with Crippen LogP contribution in [-0.4, -0.2) is 20.4 Å². The van der Waals surface area contributed by atoms with Crippen LogP contribution in [0.5, 0.6) is 0 Å². The lowest BCUT2D eigenvalue weighted by Gasteiger charge is -2.38. The van der Waals surface area contributed by atoms with Crippen molar-refractivity contribution < 1.29 is 0 Å². The average Bonchev–Trinajstić information content (AvgIpc) is 2.27. The molecule has 0 fully saturated rings. The Bertz CT molecular complexity index is 245. The minimum Gasteiger partial charge on any atom is -0.336 e. The molecular formula is C11H23N2P. The van der Waals surface area contributed by atoms with Gasteiger partial charge in [-0.2, -0.15) is 0 Å². The SMILES string of the molecule is CC1=CN(C(C)(C)C)PN1C(C)(C)C. The fourth-order valence-electron chi connectivity index (χ4n) is 1.48. The third-order valence-electron chi connectivity index (χ3n) is 2.27. The quantitative estimate of drug-likeness (QED) is 0.569. The summed E-state index contributed by atoms with van der Waals surface area (Å²) in [6.07, 6.45) is 2.28. The molecule has 1 aliphatic rings. The molecule has 1 rings (SSSR count). The van der Waals surface area contributed by atoms with Gasteiger partial charge >= 0.3 is 0 Å². The normalized spacial score (nSPS) is 20.6. The Morgan fingerprint density at radius 3 is 1.71 bits per heavy atom. The number of hydrogen-bond donors (Lipinski definition) is 0. The number of rotatable bonds is 0. The van der Waals surface area contributed by atoms with Crippen molar-refractivity contribution in [3.63, 3.8) is 0 Å². The topological polar surface area (TPSA) is 6.48 Å². The highest BCUT2D eigenvalue weighted by molar-refractivity contribution is 7.33. The standard InChI is InChI=1S/C11H23N2P/c1-9-8-12(10(2,3)4)14-13(9)11(5,6)7/h8,14H,1-7H3. The molecule has 2 nitrogen and oxygen atoms in total. The van der Waals surface area contributed by atoms with Crippen molar-refractivity contribution in [3.05, 3.63) is 11.9 Å². The van der Waals surface area contributed by atoms with Crippen LogP contribution in [0.25, 0.3) is 0 Å². The van der Waals surface area contributed by atoms with Gasteiger partial charge in [-0.3, -0.25) is 0 Å². The molecule has 3 heteroatoms. The monoisotopic (exact) mass is 214 g/mol. The molecule has 82 valence electrons. The van der Waals surface area contributed by atoms with Crippen LogP contribution in [0.4, 0.5) is 0 Å². The number of hydrogen-bond acceptors (Lipinski definition) is 2. The van der Waals surface area contributed by atoms with Gasteiger partial charge in [-0.05, 0) is 48.5 Å². The first-order valence-corrected chi connectivity index (χ1v) is 6.06. The van der Waals surface area contributed by atoms with Gasteiger partial charge in [0.05, 0.1) is 8.88 Å². The summed E-state index contributed by atoms with van der Waals surface area (Å²) in [5.41, 5.74) is 1.85. The van der Waals surface area contributed by atoms with Gasteiger partial charge in [0.1, 0.15) is 0 Å². The molecule has 1 atom stereocenters. The summed E-state index contributed by atoms with van der Waals surface area (Å²) in [4.78, 5) is 0. The highest BCUT2D eigenvalue weighted by Gasteiger charge is 2.32. The van der Waals surface area contributed by atoms with E-state index >= 15 is 0 Å². The summed E-state index contributed by atoms with van der Waals surface area (Å²) >= 11 is 0. The second-order valence-corrected chi connectivity index (χ2v) is 7.05. The Morgan fingerprint density at radius 2 is 1.50 bits per heavy atom. The molecule has 0 aromatic heterocycles. The van der Waals surface area contributed by atoms with E-state index in [2.05, 4.69) is 64.0 Å². The van der Waals surface area contributed by atoms with Crippen molar-refractivity contribution in [2.45, 2.75) is 59.5 Å². The largest absolute Gasteiger partial charge is 0.336 e. The fourth-order valence-corrected chi connectivity index (χ4v) is 2.76. The molecular weight excluding hydrogens is 191 g/mol. The highest BCUT2D eigenvalue weighted by atomic mass is 31.1. The third-order valence-corrected chi connectivity index (χ3v) is 4.51. The molecule has 0 saturated heterocycles. The maximum absolute atomic E-state index is 2.47. The number of nitrogens with zero attached hydrogens (tertiary/aromatic N) is 2. The molecule has 0 N–H and O–H groups in total. The smallest absolute Gasteiger partial charge is 0.0802 e. The molecule has 1 aliphatic heterocycles. The summed E-state index contributed by atoms with van der Waals surface area (Å²) < 4.78 is 4.89. The van der Waals surface area contributed by atoms with Gasteiger partial charge < -0.3 is 9.34 Å². The van der Waals surface area contributed by atoms with Crippen molar-refractivity contribution in [2.75, 3.05) is 0 Å². The van der Waals surface area contributed by atoms with Crippen LogP contribution in [-0.2, 0) is 0 Å². The molecule has 0 aromatic carbocycles. The van der Waals surface area contributed by atoms with Crippen LogP contribution in [0.2, 0.25) is 0 Å². The Hall–Kier alpha value is -0.230. The lowest BCUT2D eigenvalue weighted by molar-refractivity contribution is 0.311. The van der Waals surface area contributed by atoms with Crippen molar-refractivity contribution in [3.8, 4) is 0 Å². The predicted molar refractivity (Wildman–Crippen MR) is 65.3 cm³/mol. The van der Waals surface area contributed by atoms with Crippen molar-refractivity contribution in [1.82, 2.24) is 9.34 Å². The van der Waals surface area contributed by atoms with Gasteiger partial charge in [-0.15, -0.1) is 0 Å². The molecule has 0 saturated carbocycles. The highest BCUT2D eigenvalue weighted by Crippen LogP contribution is 2.45. The molecule has 14 heavy (non-hydrogen) atoms. The van der Waals surface area contributed by atoms with Gasteiger partial charge in [0.15, 0.2) is 0 Å². The van der Waals surface area contributed by atoms with E-state index in [-0.39, 0.29) is 11.1 Å². The first kappa shape index (κ1) is 11.8. The van der Waals surface area contributed by atoms with Crippen LogP contribution in [0.3, 0.4) is 0 Å². The summed E-state index contributed by atoms with van der Waals surface area (Å²) in [6, 6.07) is 0. The van der Waals surface area contributed by atoms with Gasteiger partial charge in [-0.1, -0.05) is 0 Å². The third kappa shape index (κ3) is 2.42. The van der Waals surface area contributed by atoms with Crippen molar-refractivity contribution in [1.29, 1.82) is 0 Å². The molecule has 0 aromatic rings. The second-order valence-electron chi connectivity index (χ2n) is 5.92. The number of allylic oxidation sites excluding steroid dienone is 1. The van der Waals surface area contributed by atoms with Gasteiger partial charge in [0.2, 0.25) is 0 Å². The second kappa shape index (κ2) is 3.41. The summed E-state index contributed by atoms with van der Waals surface area (Å²) in [5, 5.41) is 0. The molecule has 0 radical (unpaired) electrons. The molecule has 0 bridgehead atoms. The Morgan fingerprint density at radius 1 is 1.00 bits per heavy atom. The zero-order valence-electron chi connectivity index (χ0n) is 10.5. The lowest BCUT2D eigenvalue weighted by atomic mass is 10.1. The summed E-state index contributed by atoms with van der Waals surface area (Å²) in [5.74, 6) is 0. The first-order chi connectivity index (χ1) is 6.12. The zero-order valence-corrected chi connectivity index (χ0v) is 11.5. The van der Waals surface area contributed by atoms with Crippen molar-refractivity contribution >= 4 is 8.88 Å². The van der Waals surface area contributed by atoms with Crippen molar-refractivity contribution in [2.24, 2.45) is 0 Å². The van der Waals surface area contributed by atoms with E-state index in [0.29, 0.717) is 0 Å². The lowest BCUT2D eigenvalue weighted by Crippen LogP contribution is -2.35. The van der Waals surface area contributed by atoms with E-state index in [0.717, 1.165) is 8.88 Å². The summed E-state index contributed by atoms with van der Waals surface area (Å²) in [7, 11) is 0.748. The molecule has 1 unspecified atom stereocenters. The van der Waals surface area contributed by atoms with E-state index in [4.69, 9.17) is 0 Å². The van der Waals surface area contributed by atoms with Gasteiger partial charge in [0.25, 0.3) is 0 Å². The fraction of sp³-hybridized carbons (Fsp3) is 0.818. The molecule has 0 spiro atoms. The first-order valence-electron chi connectivity index (χ1n) is 5.16. The van der Waals surface area contributed by atoms with Crippen LogP contribution in [0.1, 0.15) is 48.5 Å². The Kier molecular flexibility index (Phi) is 2.89. The molecule has 0 amide bonds. The van der Waals surface area contributed by atoms with Gasteiger partial charge in [0, 0.05) is 23.0 Å². The van der Waals surface area contributed by atoms with E-state index in [1.807, 2.05) is 0 Å². The van der Waals surface area contributed by atoms with Gasteiger partial charge in [-0.25, -0.2) is 0 Å². The van der Waals surface area contributed by atoms with Crippen LogP contribution in [0, 0.1) is 0 Å². The predicted octanol–water partition coefficient (Wildman–Crippen LogP) is 3.57. The van der Waals surface area contributed by atoms with Crippen LogP contribution >= 0.6 is 8.88 Å². The molecule has 1 heterocycles. The van der Waals surface area contributed by atoms with Crippen LogP contribution < -0.4 is 0 Å². The maximum Gasteiger partial charge on any atom is 0.0802 e. The zero-order chi connectivity index (χ0) is 11.1. The van der Waals surface area contributed by atoms with E-state index in [9.17, 15) is 0 Å². The minimum absolute atomic E-state index is 0.235. The Balaban J connectivity index is 2.80. The van der Waals surface area contributed by atoms with E-state index in [1.54, 1.807) is 0 Å². The van der Waals surface area contributed by atoms with E-state index in [1.165, 1.54) is 5.70 Å². The van der Waals surface area contributed by atoms with E-state index < -0.39 is 0 Å². The average molecular weight is 214 g/mol. The van der Waals surface area contributed by atoms with Crippen LogP contribution in [0.15, 0.2) is 11.9 Å². The summed E-state index contributed by atoms with van der Waals surface area (Å²) in [6.45, 7) is 15.8. The minimum atomic E-state index is 0.235. The molecule has 0 aliphatic carbocycles.